The zero-order valence-electron chi connectivity index (χ0n) is 33.6. The first-order valence-electron chi connectivity index (χ1n) is 21.2. The molecule has 0 aliphatic rings. The van der Waals surface area contributed by atoms with Gasteiger partial charge in [0.25, 0.3) is 0 Å². The lowest BCUT2D eigenvalue weighted by Crippen LogP contribution is -2.01. The number of benzene rings is 10. The molecule has 292 valence electrons. The van der Waals surface area contributed by atoms with Crippen LogP contribution >= 0.6 is 11.3 Å². The maximum absolute atomic E-state index is 7.03. The first-order chi connectivity index (χ1) is 31.2. The summed E-state index contributed by atoms with van der Waals surface area (Å²) in [4.78, 5) is 16.1. The van der Waals surface area contributed by atoms with Gasteiger partial charge in [0.05, 0.1) is 16.7 Å². The monoisotopic (exact) mass is 820 g/mol. The minimum absolute atomic E-state index is 0.585. The maximum Gasteiger partial charge on any atom is 0.164 e. The van der Waals surface area contributed by atoms with E-state index in [2.05, 4.69) is 193 Å². The summed E-state index contributed by atoms with van der Waals surface area (Å²) in [5.74, 6) is 1.83. The second kappa shape index (κ2) is 13.2. The molecular formula is C57H32N4OS. The van der Waals surface area contributed by atoms with Gasteiger partial charge >= 0.3 is 0 Å². The molecule has 0 fully saturated rings. The van der Waals surface area contributed by atoms with Crippen LogP contribution in [0.15, 0.2) is 199 Å². The number of fused-ring (bicyclic) bond motifs is 13. The first kappa shape index (κ1) is 34.5. The summed E-state index contributed by atoms with van der Waals surface area (Å²) >= 11 is 1.79. The third-order valence-corrected chi connectivity index (χ3v) is 13.9. The fraction of sp³-hybridized carbons (Fsp3) is 0. The molecule has 5 nitrogen and oxygen atoms in total. The molecular weight excluding hydrogens is 789 g/mol. The van der Waals surface area contributed by atoms with E-state index in [1.165, 1.54) is 52.5 Å². The Morgan fingerprint density at radius 1 is 0.381 bits per heavy atom. The largest absolute Gasteiger partial charge is 0.454 e. The number of aromatic nitrogens is 4. The van der Waals surface area contributed by atoms with Gasteiger partial charge in [-0.05, 0) is 86.9 Å². The molecule has 63 heavy (non-hydrogen) atoms. The van der Waals surface area contributed by atoms with Crippen LogP contribution in [0.3, 0.4) is 0 Å². The predicted molar refractivity (Wildman–Crippen MR) is 263 cm³/mol. The molecule has 4 aromatic heterocycles. The Morgan fingerprint density at radius 2 is 1.02 bits per heavy atom. The number of hydrogen-bond acceptors (Lipinski definition) is 5. The Bertz CT molecular complexity index is 4230. The summed E-state index contributed by atoms with van der Waals surface area (Å²) in [5, 5.41) is 13.8. The second-order valence-electron chi connectivity index (χ2n) is 16.3. The Balaban J connectivity index is 1.08. The number of para-hydroxylation sites is 1. The third kappa shape index (κ3) is 5.13. The van der Waals surface area contributed by atoms with Crippen molar-refractivity contribution < 1.29 is 4.42 Å². The van der Waals surface area contributed by atoms with Crippen LogP contribution in [0.4, 0.5) is 0 Å². The Labute approximate surface area is 363 Å². The van der Waals surface area contributed by atoms with Crippen molar-refractivity contribution in [3.05, 3.63) is 194 Å². The Morgan fingerprint density at radius 3 is 1.86 bits per heavy atom. The van der Waals surface area contributed by atoms with Crippen LogP contribution in [0.25, 0.3) is 136 Å². The second-order valence-corrected chi connectivity index (χ2v) is 17.4. The summed E-state index contributed by atoms with van der Waals surface area (Å²) in [6.45, 7) is 0. The van der Waals surface area contributed by atoms with E-state index in [0.717, 1.165) is 66.1 Å². The van der Waals surface area contributed by atoms with E-state index in [0.29, 0.717) is 17.5 Å². The summed E-state index contributed by atoms with van der Waals surface area (Å²) in [5.41, 5.74) is 7.54. The van der Waals surface area contributed by atoms with Crippen molar-refractivity contribution in [2.45, 2.75) is 0 Å². The minimum atomic E-state index is 0.585. The zero-order valence-corrected chi connectivity index (χ0v) is 34.4. The van der Waals surface area contributed by atoms with Crippen molar-refractivity contribution >= 4 is 108 Å². The van der Waals surface area contributed by atoms with Crippen molar-refractivity contribution in [3.8, 4) is 39.9 Å². The molecule has 0 N–H and O–H groups in total. The minimum Gasteiger partial charge on any atom is -0.454 e. The molecule has 14 aromatic rings. The lowest BCUT2D eigenvalue weighted by Gasteiger charge is -2.13. The highest BCUT2D eigenvalue weighted by atomic mass is 32.1. The molecule has 0 aliphatic heterocycles. The van der Waals surface area contributed by atoms with Crippen molar-refractivity contribution in [2.75, 3.05) is 0 Å². The fourth-order valence-electron chi connectivity index (χ4n) is 9.94. The van der Waals surface area contributed by atoms with E-state index < -0.39 is 0 Å². The third-order valence-electron chi connectivity index (χ3n) is 12.8. The van der Waals surface area contributed by atoms with E-state index in [-0.39, 0.29) is 0 Å². The summed E-state index contributed by atoms with van der Waals surface area (Å²) in [6, 6.07) is 69.0. The molecule has 0 unspecified atom stereocenters. The van der Waals surface area contributed by atoms with Gasteiger partial charge in [-0.25, -0.2) is 15.0 Å². The molecule has 10 aromatic carbocycles. The van der Waals surface area contributed by atoms with Gasteiger partial charge in [0.15, 0.2) is 23.1 Å². The maximum atomic E-state index is 7.03. The summed E-state index contributed by atoms with van der Waals surface area (Å²) < 4.78 is 11.8. The molecule has 0 saturated heterocycles. The van der Waals surface area contributed by atoms with E-state index in [1.54, 1.807) is 11.3 Å². The average molecular weight is 821 g/mol. The van der Waals surface area contributed by atoms with E-state index in [9.17, 15) is 0 Å². The van der Waals surface area contributed by atoms with Crippen molar-refractivity contribution in [1.29, 1.82) is 0 Å². The van der Waals surface area contributed by atoms with Crippen LogP contribution in [0, 0.1) is 0 Å². The van der Waals surface area contributed by atoms with Gasteiger partial charge in [-0.1, -0.05) is 140 Å². The molecule has 0 spiro atoms. The van der Waals surface area contributed by atoms with Crippen molar-refractivity contribution in [1.82, 2.24) is 19.5 Å². The quantitative estimate of drug-likeness (QED) is 0.177. The van der Waals surface area contributed by atoms with Gasteiger partial charge < -0.3 is 8.98 Å². The van der Waals surface area contributed by atoms with Crippen LogP contribution < -0.4 is 0 Å². The molecule has 4 heterocycles. The normalized spacial score (nSPS) is 12.1. The standard InChI is InChI=1S/C57H32N4OS/c1-2-14-35-30-38(25-24-33(35)12-1)55-58-56(42-20-11-23-50-52(42)41-19-8-10-22-49(41)63-50)60-57(59-55)43-27-29-46(54-53(43)40-18-7-9-21-48(40)62-54)61-45-28-26-34-13-5-6-17-39(34)51(45)44-31-36-15-3-4-16-37(36)32-47(44)61/h1-32H. The molecule has 0 saturated carbocycles. The Hall–Kier alpha value is -8.19. The zero-order chi connectivity index (χ0) is 41.2. The smallest absolute Gasteiger partial charge is 0.164 e. The van der Waals surface area contributed by atoms with E-state index >= 15 is 0 Å². The molecule has 0 bridgehead atoms. The number of hydrogen-bond donors (Lipinski definition) is 0. The van der Waals surface area contributed by atoms with Crippen LogP contribution in [-0.2, 0) is 0 Å². The van der Waals surface area contributed by atoms with E-state index in [4.69, 9.17) is 19.4 Å². The van der Waals surface area contributed by atoms with Gasteiger partial charge in [0.1, 0.15) is 5.58 Å². The van der Waals surface area contributed by atoms with Gasteiger partial charge in [0.2, 0.25) is 0 Å². The molecule has 6 heteroatoms. The number of nitrogens with zero attached hydrogens (tertiary/aromatic N) is 4. The van der Waals surface area contributed by atoms with Crippen LogP contribution in [0.2, 0.25) is 0 Å². The van der Waals surface area contributed by atoms with Crippen LogP contribution in [0.5, 0.6) is 0 Å². The van der Waals surface area contributed by atoms with Gasteiger partial charge in [0, 0.05) is 58.4 Å². The summed E-state index contributed by atoms with van der Waals surface area (Å²) in [6.07, 6.45) is 0. The highest BCUT2D eigenvalue weighted by Crippen LogP contribution is 2.45. The van der Waals surface area contributed by atoms with Crippen LogP contribution in [0.1, 0.15) is 0 Å². The molecule has 0 aliphatic carbocycles. The number of furan rings is 1. The average Bonchev–Trinajstić information content (AvgIpc) is 4.03. The lowest BCUT2D eigenvalue weighted by atomic mass is 10.0. The van der Waals surface area contributed by atoms with Gasteiger partial charge in [-0.15, -0.1) is 11.3 Å². The molecule has 14 rings (SSSR count). The number of thiophene rings is 1. The van der Waals surface area contributed by atoms with Crippen molar-refractivity contribution in [2.24, 2.45) is 0 Å². The fourth-order valence-corrected chi connectivity index (χ4v) is 11.1. The van der Waals surface area contributed by atoms with E-state index in [1.807, 2.05) is 6.07 Å². The Kier molecular flexibility index (Phi) is 7.21. The van der Waals surface area contributed by atoms with Gasteiger partial charge in [-0.3, -0.25) is 0 Å². The lowest BCUT2D eigenvalue weighted by molar-refractivity contribution is 0.666. The predicted octanol–water partition coefficient (Wildman–Crippen LogP) is 15.7. The molecule has 0 amide bonds. The van der Waals surface area contributed by atoms with Crippen molar-refractivity contribution in [3.63, 3.8) is 0 Å². The molecule has 0 atom stereocenters. The number of rotatable bonds is 4. The SMILES string of the molecule is c1ccc2cc(-c3nc(-c4cccc5sc6ccccc6c45)nc(-c4ccc(-n5c6cc7ccccc7cc6c6c7ccccc7ccc65)c5oc6ccccc6c45)n3)ccc2c1. The van der Waals surface area contributed by atoms with Gasteiger partial charge in [-0.2, -0.15) is 0 Å². The highest BCUT2D eigenvalue weighted by molar-refractivity contribution is 7.25. The molecule has 0 radical (unpaired) electrons. The van der Waals surface area contributed by atoms with Crippen LogP contribution in [-0.4, -0.2) is 19.5 Å². The summed E-state index contributed by atoms with van der Waals surface area (Å²) in [7, 11) is 0. The first-order valence-corrected chi connectivity index (χ1v) is 22.0. The topological polar surface area (TPSA) is 56.7 Å². The highest BCUT2D eigenvalue weighted by Gasteiger charge is 2.24.